The first kappa shape index (κ1) is 12.7. The van der Waals surface area contributed by atoms with Gasteiger partial charge < -0.3 is 10.3 Å². The van der Waals surface area contributed by atoms with Gasteiger partial charge in [-0.05, 0) is 13.8 Å². The summed E-state index contributed by atoms with van der Waals surface area (Å²) in [6, 6.07) is 0. The molecule has 0 aliphatic carbocycles. The number of hydrogen-bond acceptors (Lipinski definition) is 6. The van der Waals surface area contributed by atoms with Gasteiger partial charge >= 0.3 is 0 Å². The molecule has 0 bridgehead atoms. The van der Waals surface area contributed by atoms with E-state index in [1.54, 1.807) is 0 Å². The Kier molecular flexibility index (Phi) is 3.60. The molecular weight excluding hydrogens is 240 g/mol. The lowest BCUT2D eigenvalue weighted by Crippen LogP contribution is -2.37. The highest BCUT2D eigenvalue weighted by molar-refractivity contribution is 7.85. The van der Waals surface area contributed by atoms with Gasteiger partial charge in [0, 0.05) is 35.4 Å². The van der Waals surface area contributed by atoms with Crippen molar-refractivity contribution in [3.05, 3.63) is 11.7 Å². The maximum Gasteiger partial charge on any atom is 0.240 e. The molecule has 1 saturated heterocycles. The quantitative estimate of drug-likeness (QED) is 0.810. The van der Waals surface area contributed by atoms with E-state index in [0.29, 0.717) is 18.3 Å². The van der Waals surface area contributed by atoms with Gasteiger partial charge in [0.25, 0.3) is 0 Å². The first-order chi connectivity index (χ1) is 7.95. The van der Waals surface area contributed by atoms with Gasteiger partial charge in [0.15, 0.2) is 5.82 Å². The molecule has 0 amide bonds. The van der Waals surface area contributed by atoms with Gasteiger partial charge in [-0.15, -0.1) is 0 Å². The SMILES string of the molecule is CC(C)(N)c1noc(CN2CCS(=O)CC2)n1. The Bertz CT molecular complexity index is 403. The van der Waals surface area contributed by atoms with Crippen LogP contribution in [0.5, 0.6) is 0 Å². The Labute approximate surface area is 103 Å². The standard InChI is InChI=1S/C10H18N4O2S/c1-10(2,11)9-12-8(16-13-9)7-14-3-5-17(15)6-4-14/h3-7,11H2,1-2H3. The maximum absolute atomic E-state index is 11.2. The normalized spacial score (nSPS) is 19.7. The Morgan fingerprint density at radius 1 is 1.47 bits per heavy atom. The van der Waals surface area contributed by atoms with Crippen molar-refractivity contribution in [2.75, 3.05) is 24.6 Å². The average molecular weight is 258 g/mol. The van der Waals surface area contributed by atoms with Crippen molar-refractivity contribution in [1.82, 2.24) is 15.0 Å². The molecule has 1 aromatic rings. The van der Waals surface area contributed by atoms with Crippen molar-refractivity contribution in [2.45, 2.75) is 25.9 Å². The number of rotatable bonds is 3. The van der Waals surface area contributed by atoms with E-state index < -0.39 is 16.3 Å². The first-order valence-corrected chi connectivity index (χ1v) is 7.13. The molecule has 0 radical (unpaired) electrons. The van der Waals surface area contributed by atoms with Crippen molar-refractivity contribution in [3.8, 4) is 0 Å². The van der Waals surface area contributed by atoms with E-state index in [9.17, 15) is 4.21 Å². The molecule has 1 aliphatic rings. The van der Waals surface area contributed by atoms with Crippen molar-refractivity contribution < 1.29 is 8.73 Å². The molecule has 17 heavy (non-hydrogen) atoms. The zero-order valence-corrected chi connectivity index (χ0v) is 11.0. The van der Waals surface area contributed by atoms with Gasteiger partial charge in [-0.25, -0.2) is 0 Å². The van der Waals surface area contributed by atoms with Crippen LogP contribution in [0.4, 0.5) is 0 Å². The van der Waals surface area contributed by atoms with Crippen LogP contribution >= 0.6 is 0 Å². The summed E-state index contributed by atoms with van der Waals surface area (Å²) >= 11 is 0. The van der Waals surface area contributed by atoms with E-state index in [0.717, 1.165) is 24.6 Å². The van der Waals surface area contributed by atoms with Gasteiger partial charge in [0.05, 0.1) is 12.1 Å². The third-order valence-electron chi connectivity index (χ3n) is 2.67. The fraction of sp³-hybridized carbons (Fsp3) is 0.800. The van der Waals surface area contributed by atoms with Crippen molar-refractivity contribution in [1.29, 1.82) is 0 Å². The molecule has 0 unspecified atom stereocenters. The molecule has 0 aromatic carbocycles. The number of hydrogen-bond donors (Lipinski definition) is 1. The summed E-state index contributed by atoms with van der Waals surface area (Å²) in [4.78, 5) is 6.44. The fourth-order valence-electron chi connectivity index (χ4n) is 1.61. The average Bonchev–Trinajstić information content (AvgIpc) is 2.69. The lowest BCUT2D eigenvalue weighted by atomic mass is 10.1. The Balaban J connectivity index is 1.95. The molecule has 2 heterocycles. The molecular formula is C10H18N4O2S. The number of aromatic nitrogens is 2. The van der Waals surface area contributed by atoms with Crippen molar-refractivity contribution in [2.24, 2.45) is 5.73 Å². The van der Waals surface area contributed by atoms with Crippen LogP contribution in [-0.4, -0.2) is 43.8 Å². The Hall–Kier alpha value is -0.790. The van der Waals surface area contributed by atoms with E-state index in [1.807, 2.05) is 13.8 Å². The summed E-state index contributed by atoms with van der Waals surface area (Å²) in [5, 5.41) is 3.87. The molecule has 0 spiro atoms. The summed E-state index contributed by atoms with van der Waals surface area (Å²) < 4.78 is 16.4. The van der Waals surface area contributed by atoms with Gasteiger partial charge in [0.2, 0.25) is 5.89 Å². The predicted octanol–water partition coefficient (Wildman–Crippen LogP) is -0.172. The van der Waals surface area contributed by atoms with Gasteiger partial charge in [-0.3, -0.25) is 9.11 Å². The summed E-state index contributed by atoms with van der Waals surface area (Å²) in [5.41, 5.74) is 5.30. The second-order valence-corrected chi connectivity index (χ2v) is 6.55. The molecule has 96 valence electrons. The summed E-state index contributed by atoms with van der Waals surface area (Å²) in [5.74, 6) is 2.55. The summed E-state index contributed by atoms with van der Waals surface area (Å²) in [7, 11) is -0.656. The molecule has 1 fully saturated rings. The highest BCUT2D eigenvalue weighted by atomic mass is 32.2. The lowest BCUT2D eigenvalue weighted by Gasteiger charge is -2.24. The third-order valence-corrected chi connectivity index (χ3v) is 3.95. The zero-order chi connectivity index (χ0) is 12.5. The maximum atomic E-state index is 11.2. The van der Waals surface area contributed by atoms with Gasteiger partial charge in [-0.2, -0.15) is 4.98 Å². The summed E-state index contributed by atoms with van der Waals surface area (Å²) in [6.45, 7) is 5.92. The van der Waals surface area contributed by atoms with Crippen LogP contribution in [0.3, 0.4) is 0 Å². The second kappa shape index (κ2) is 4.83. The number of nitrogens with two attached hydrogens (primary N) is 1. The van der Waals surface area contributed by atoms with Crippen LogP contribution in [0.15, 0.2) is 4.52 Å². The highest BCUT2D eigenvalue weighted by Crippen LogP contribution is 2.14. The van der Waals surface area contributed by atoms with Crippen molar-refractivity contribution >= 4 is 10.8 Å². The molecule has 0 saturated carbocycles. The van der Waals surface area contributed by atoms with Crippen LogP contribution < -0.4 is 5.73 Å². The minimum absolute atomic E-state index is 0.521. The minimum atomic E-state index is -0.656. The topological polar surface area (TPSA) is 85.2 Å². The second-order valence-electron chi connectivity index (χ2n) is 4.86. The largest absolute Gasteiger partial charge is 0.338 e. The molecule has 2 N–H and O–H groups in total. The Morgan fingerprint density at radius 3 is 2.65 bits per heavy atom. The van der Waals surface area contributed by atoms with Crippen LogP contribution in [0.2, 0.25) is 0 Å². The zero-order valence-electron chi connectivity index (χ0n) is 10.2. The third kappa shape index (κ3) is 3.34. The molecule has 0 atom stereocenters. The fourth-order valence-corrected chi connectivity index (χ4v) is 2.73. The van der Waals surface area contributed by atoms with E-state index in [-0.39, 0.29) is 0 Å². The van der Waals surface area contributed by atoms with E-state index in [4.69, 9.17) is 10.3 Å². The van der Waals surface area contributed by atoms with Crippen LogP contribution in [0.25, 0.3) is 0 Å². The van der Waals surface area contributed by atoms with Crippen LogP contribution in [0, 0.1) is 0 Å². The van der Waals surface area contributed by atoms with Crippen molar-refractivity contribution in [3.63, 3.8) is 0 Å². The molecule has 1 aromatic heterocycles. The monoisotopic (exact) mass is 258 g/mol. The molecule has 6 nitrogen and oxygen atoms in total. The minimum Gasteiger partial charge on any atom is -0.338 e. The van der Waals surface area contributed by atoms with E-state index >= 15 is 0 Å². The van der Waals surface area contributed by atoms with Gasteiger partial charge in [0.1, 0.15) is 0 Å². The lowest BCUT2D eigenvalue weighted by molar-refractivity contribution is 0.243. The molecule has 7 heteroatoms. The molecule has 2 rings (SSSR count). The molecule has 1 aliphatic heterocycles. The smallest absolute Gasteiger partial charge is 0.240 e. The Morgan fingerprint density at radius 2 is 2.12 bits per heavy atom. The van der Waals surface area contributed by atoms with Crippen LogP contribution in [-0.2, 0) is 22.9 Å². The van der Waals surface area contributed by atoms with E-state index in [1.165, 1.54) is 0 Å². The predicted molar refractivity (Wildman–Crippen MR) is 64.7 cm³/mol. The van der Waals surface area contributed by atoms with Crippen LogP contribution in [0.1, 0.15) is 25.6 Å². The van der Waals surface area contributed by atoms with Gasteiger partial charge in [-0.1, -0.05) is 5.16 Å². The first-order valence-electron chi connectivity index (χ1n) is 5.64. The van der Waals surface area contributed by atoms with E-state index in [2.05, 4.69) is 15.0 Å². The summed E-state index contributed by atoms with van der Waals surface area (Å²) in [6.07, 6.45) is 0. The highest BCUT2D eigenvalue weighted by Gasteiger charge is 2.23. The number of nitrogens with zero attached hydrogens (tertiary/aromatic N) is 3.